The highest BCUT2D eigenvalue weighted by Gasteiger charge is 2.17. The van der Waals surface area contributed by atoms with Gasteiger partial charge in [-0.25, -0.2) is 9.59 Å². The number of benzene rings is 1. The molecule has 1 aromatic rings. The Balaban J connectivity index is 2.91. The summed E-state index contributed by atoms with van der Waals surface area (Å²) >= 11 is 0. The number of rotatable bonds is 5. The smallest absolute Gasteiger partial charge is 0.414 e. The lowest BCUT2D eigenvalue weighted by Crippen LogP contribution is -2.40. The minimum absolute atomic E-state index is 0.0772. The van der Waals surface area contributed by atoms with E-state index in [1.807, 2.05) is 6.92 Å². The van der Waals surface area contributed by atoms with Gasteiger partial charge in [0.25, 0.3) is 0 Å². The number of nitrogens with one attached hydrogen (secondary N) is 3. The number of nitrogens with zero attached hydrogens (tertiary/aromatic N) is 1. The number of carbonyl (C=O) groups is 2. The first-order valence-electron chi connectivity index (χ1n) is 8.09. The van der Waals surface area contributed by atoms with Crippen LogP contribution in [0.2, 0.25) is 0 Å². The van der Waals surface area contributed by atoms with Gasteiger partial charge in [0.15, 0.2) is 0 Å². The fourth-order valence-electron chi connectivity index (χ4n) is 1.97. The van der Waals surface area contributed by atoms with E-state index in [9.17, 15) is 9.59 Å². The molecule has 9 heteroatoms. The van der Waals surface area contributed by atoms with Crippen LogP contribution >= 0.6 is 0 Å². The average Bonchev–Trinajstić information content (AvgIpc) is 2.51. The molecule has 144 valence electrons. The van der Waals surface area contributed by atoms with Gasteiger partial charge in [-0.05, 0) is 45.9 Å². The third-order valence-electron chi connectivity index (χ3n) is 2.91. The maximum absolute atomic E-state index is 11.9. The molecule has 0 saturated heterocycles. The normalized spacial score (nSPS) is 11.5. The lowest BCUT2D eigenvalue weighted by Gasteiger charge is -2.20. The highest BCUT2D eigenvalue weighted by Crippen LogP contribution is 2.22. The molecule has 0 aliphatic carbocycles. The predicted octanol–water partition coefficient (Wildman–Crippen LogP) is 2.78. The topological polar surface area (TPSA) is 121 Å². The molecular formula is C17H26N4O5. The zero-order valence-electron chi connectivity index (χ0n) is 15.7. The van der Waals surface area contributed by atoms with Crippen molar-refractivity contribution >= 4 is 23.8 Å². The number of hydrogen-bond donors (Lipinski definition) is 4. The lowest BCUT2D eigenvalue weighted by atomic mass is 10.1. The Labute approximate surface area is 152 Å². The van der Waals surface area contributed by atoms with Gasteiger partial charge < -0.3 is 25.2 Å². The molecule has 0 fully saturated rings. The van der Waals surface area contributed by atoms with Crippen molar-refractivity contribution in [1.29, 1.82) is 0 Å². The Morgan fingerprint density at radius 1 is 1.27 bits per heavy atom. The molecule has 0 heterocycles. The van der Waals surface area contributed by atoms with E-state index in [4.69, 9.17) is 14.6 Å². The molecule has 4 N–H and O–H groups in total. The van der Waals surface area contributed by atoms with Crippen molar-refractivity contribution in [2.45, 2.75) is 39.8 Å². The number of anilines is 1. The second-order valence-corrected chi connectivity index (χ2v) is 6.26. The number of hydrogen-bond acceptors (Lipinski definition) is 5. The molecule has 0 radical (unpaired) electrons. The van der Waals surface area contributed by atoms with Gasteiger partial charge in [-0.1, -0.05) is 0 Å². The second-order valence-electron chi connectivity index (χ2n) is 6.26. The summed E-state index contributed by atoms with van der Waals surface area (Å²) in [4.78, 5) is 26.8. The van der Waals surface area contributed by atoms with Gasteiger partial charge in [0, 0.05) is 24.3 Å². The molecule has 1 aromatic carbocycles. The van der Waals surface area contributed by atoms with Crippen LogP contribution < -0.4 is 20.7 Å². The maximum atomic E-state index is 11.9. The SMILES string of the molecule is CCN=C(NC(=O)OC(C)(C)C)Nc1ccc(OC)c(CNC(=O)O)c1. The molecule has 26 heavy (non-hydrogen) atoms. The Hall–Kier alpha value is -2.97. The molecule has 9 nitrogen and oxygen atoms in total. The molecule has 0 bridgehead atoms. The molecule has 2 amide bonds. The summed E-state index contributed by atoms with van der Waals surface area (Å²) < 4.78 is 10.4. The number of carboxylic acid groups (broad SMARTS) is 1. The number of ether oxygens (including phenoxy) is 2. The van der Waals surface area contributed by atoms with Crippen molar-refractivity contribution in [2.75, 3.05) is 19.0 Å². The summed E-state index contributed by atoms with van der Waals surface area (Å²) in [7, 11) is 1.50. The molecular weight excluding hydrogens is 340 g/mol. The average molecular weight is 366 g/mol. The van der Waals surface area contributed by atoms with E-state index in [0.29, 0.717) is 23.5 Å². The first kappa shape index (κ1) is 21.1. The zero-order valence-corrected chi connectivity index (χ0v) is 15.7. The minimum Gasteiger partial charge on any atom is -0.496 e. The number of methoxy groups -OCH3 is 1. The number of alkyl carbamates (subject to hydrolysis) is 1. The van der Waals surface area contributed by atoms with Gasteiger partial charge in [-0.2, -0.15) is 0 Å². The van der Waals surface area contributed by atoms with Crippen molar-refractivity contribution in [3.8, 4) is 5.75 Å². The van der Waals surface area contributed by atoms with Crippen molar-refractivity contribution in [3.05, 3.63) is 23.8 Å². The largest absolute Gasteiger partial charge is 0.496 e. The third kappa shape index (κ3) is 7.73. The highest BCUT2D eigenvalue weighted by molar-refractivity contribution is 6.02. The Morgan fingerprint density at radius 2 is 1.96 bits per heavy atom. The van der Waals surface area contributed by atoms with Gasteiger partial charge in [0.1, 0.15) is 11.4 Å². The van der Waals surface area contributed by atoms with Gasteiger partial charge in [0.2, 0.25) is 5.96 Å². The number of carbonyl (C=O) groups excluding carboxylic acids is 1. The Bertz CT molecular complexity index is 668. The van der Waals surface area contributed by atoms with Crippen LogP contribution in [0.4, 0.5) is 15.3 Å². The van der Waals surface area contributed by atoms with Gasteiger partial charge >= 0.3 is 12.2 Å². The van der Waals surface area contributed by atoms with Crippen LogP contribution in [0.1, 0.15) is 33.3 Å². The Morgan fingerprint density at radius 3 is 2.50 bits per heavy atom. The fourth-order valence-corrected chi connectivity index (χ4v) is 1.97. The predicted molar refractivity (Wildman–Crippen MR) is 98.8 cm³/mol. The van der Waals surface area contributed by atoms with Crippen molar-refractivity contribution in [3.63, 3.8) is 0 Å². The first-order valence-corrected chi connectivity index (χ1v) is 8.09. The van der Waals surface area contributed by atoms with Crippen LogP contribution in [0.15, 0.2) is 23.2 Å². The van der Waals surface area contributed by atoms with Gasteiger partial charge in [0.05, 0.1) is 7.11 Å². The van der Waals surface area contributed by atoms with E-state index in [1.165, 1.54) is 7.11 Å². The molecule has 0 spiro atoms. The van der Waals surface area contributed by atoms with Crippen LogP contribution in [0.25, 0.3) is 0 Å². The van der Waals surface area contributed by atoms with Crippen LogP contribution in [0.5, 0.6) is 5.75 Å². The molecule has 0 aromatic heterocycles. The summed E-state index contributed by atoms with van der Waals surface area (Å²) in [6, 6.07) is 5.13. The lowest BCUT2D eigenvalue weighted by molar-refractivity contribution is 0.0563. The highest BCUT2D eigenvalue weighted by atomic mass is 16.6. The van der Waals surface area contributed by atoms with Crippen LogP contribution in [-0.2, 0) is 11.3 Å². The molecule has 0 saturated carbocycles. The van der Waals surface area contributed by atoms with Crippen molar-refractivity contribution in [2.24, 2.45) is 4.99 Å². The molecule has 0 atom stereocenters. The number of amides is 2. The monoisotopic (exact) mass is 366 g/mol. The summed E-state index contributed by atoms with van der Waals surface area (Å²) in [6.45, 7) is 7.65. The van der Waals surface area contributed by atoms with Crippen LogP contribution in [0.3, 0.4) is 0 Å². The first-order chi connectivity index (χ1) is 12.1. The quantitative estimate of drug-likeness (QED) is 0.470. The maximum Gasteiger partial charge on any atom is 0.414 e. The third-order valence-corrected chi connectivity index (χ3v) is 2.91. The molecule has 0 unspecified atom stereocenters. The van der Waals surface area contributed by atoms with E-state index in [1.54, 1.807) is 39.0 Å². The van der Waals surface area contributed by atoms with E-state index in [-0.39, 0.29) is 12.5 Å². The van der Waals surface area contributed by atoms with Crippen molar-refractivity contribution in [1.82, 2.24) is 10.6 Å². The van der Waals surface area contributed by atoms with Gasteiger partial charge in [-0.15, -0.1) is 0 Å². The number of guanidine groups is 1. The number of aliphatic imine (C=N–C) groups is 1. The molecule has 0 aliphatic heterocycles. The van der Waals surface area contributed by atoms with Crippen LogP contribution in [0, 0.1) is 0 Å². The summed E-state index contributed by atoms with van der Waals surface area (Å²) in [5, 5.41) is 16.6. The summed E-state index contributed by atoms with van der Waals surface area (Å²) in [5.74, 6) is 0.766. The van der Waals surface area contributed by atoms with E-state index < -0.39 is 17.8 Å². The molecule has 0 aliphatic rings. The van der Waals surface area contributed by atoms with Crippen LogP contribution in [-0.4, -0.2) is 42.5 Å². The van der Waals surface area contributed by atoms with E-state index >= 15 is 0 Å². The minimum atomic E-state index is -1.13. The van der Waals surface area contributed by atoms with Crippen molar-refractivity contribution < 1.29 is 24.2 Å². The summed E-state index contributed by atoms with van der Waals surface area (Å²) in [6.07, 6.45) is -1.76. The molecule has 1 rings (SSSR count). The zero-order chi connectivity index (χ0) is 19.7. The summed E-state index contributed by atoms with van der Waals surface area (Å²) in [5.41, 5.74) is 0.612. The Kier molecular flexibility index (Phi) is 7.70. The second kappa shape index (κ2) is 9.50. The standard InChI is InChI=1S/C17H26N4O5/c1-6-18-14(21-16(24)26-17(2,3)4)20-12-7-8-13(25-5)11(9-12)10-19-15(22)23/h7-9,19H,6,10H2,1-5H3,(H,22,23)(H2,18,20,21,24). The van der Waals surface area contributed by atoms with E-state index in [0.717, 1.165) is 0 Å². The van der Waals surface area contributed by atoms with E-state index in [2.05, 4.69) is 20.9 Å². The fraction of sp³-hybridized carbons (Fsp3) is 0.471. The van der Waals surface area contributed by atoms with Gasteiger partial charge in [-0.3, -0.25) is 10.3 Å².